The maximum absolute atomic E-state index is 13.2. The van der Waals surface area contributed by atoms with Crippen molar-refractivity contribution in [3.8, 4) is 0 Å². The van der Waals surface area contributed by atoms with E-state index < -0.39 is 0 Å². The number of allylic oxidation sites excluding steroid dienone is 1. The summed E-state index contributed by atoms with van der Waals surface area (Å²) in [4.78, 5) is 0. The highest BCUT2D eigenvalue weighted by Crippen LogP contribution is 2.25. The molecule has 0 aliphatic heterocycles. The standard InChI is InChI=1S/C9H6BrCl2F/c10-8-4-6(12)5-9(13)7(8)2-1-3-11/h1-2,4-5H,3H2. The molecule has 0 bridgehead atoms. The van der Waals surface area contributed by atoms with Gasteiger partial charge in [0.25, 0.3) is 0 Å². The van der Waals surface area contributed by atoms with Crippen molar-refractivity contribution in [2.24, 2.45) is 0 Å². The minimum Gasteiger partial charge on any atom is -0.206 e. The third-order valence-electron chi connectivity index (χ3n) is 1.42. The fourth-order valence-electron chi connectivity index (χ4n) is 0.875. The van der Waals surface area contributed by atoms with Crippen LogP contribution in [0.5, 0.6) is 0 Å². The van der Waals surface area contributed by atoms with Gasteiger partial charge in [0.05, 0.1) is 0 Å². The Balaban J connectivity index is 3.13. The molecule has 1 rings (SSSR count). The van der Waals surface area contributed by atoms with Gasteiger partial charge in [0.2, 0.25) is 0 Å². The Morgan fingerprint density at radius 2 is 2.15 bits per heavy atom. The summed E-state index contributed by atoms with van der Waals surface area (Å²) in [6.45, 7) is 0. The van der Waals surface area contributed by atoms with Gasteiger partial charge < -0.3 is 0 Å². The summed E-state index contributed by atoms with van der Waals surface area (Å²) in [5.74, 6) is -0.00476. The van der Waals surface area contributed by atoms with Gasteiger partial charge in [-0.25, -0.2) is 4.39 Å². The van der Waals surface area contributed by atoms with Gasteiger partial charge in [-0.3, -0.25) is 0 Å². The van der Waals surface area contributed by atoms with E-state index >= 15 is 0 Å². The van der Waals surface area contributed by atoms with Crippen molar-refractivity contribution in [1.29, 1.82) is 0 Å². The molecule has 1 aromatic carbocycles. The summed E-state index contributed by atoms with van der Waals surface area (Å²) in [6.07, 6.45) is 3.28. The molecule has 0 N–H and O–H groups in total. The van der Waals surface area contributed by atoms with Crippen LogP contribution in [-0.2, 0) is 0 Å². The number of hydrogen-bond donors (Lipinski definition) is 0. The maximum atomic E-state index is 13.2. The van der Waals surface area contributed by atoms with Gasteiger partial charge in [-0.2, -0.15) is 0 Å². The third-order valence-corrected chi connectivity index (χ3v) is 2.47. The summed E-state index contributed by atoms with van der Waals surface area (Å²) in [5, 5.41) is 0.368. The largest absolute Gasteiger partial charge is 0.206 e. The van der Waals surface area contributed by atoms with Crippen molar-refractivity contribution in [3.63, 3.8) is 0 Å². The molecule has 0 heterocycles. The van der Waals surface area contributed by atoms with Gasteiger partial charge >= 0.3 is 0 Å². The molecule has 0 aliphatic rings. The highest BCUT2D eigenvalue weighted by Gasteiger charge is 2.04. The van der Waals surface area contributed by atoms with E-state index in [1.54, 1.807) is 18.2 Å². The van der Waals surface area contributed by atoms with Gasteiger partial charge in [0, 0.05) is 20.9 Å². The lowest BCUT2D eigenvalue weighted by Gasteiger charge is -2.01. The molecule has 70 valence electrons. The molecular formula is C9H6BrCl2F. The third kappa shape index (κ3) is 2.97. The predicted octanol–water partition coefficient (Wildman–Crippen LogP) is 4.49. The number of rotatable bonds is 2. The molecule has 0 saturated carbocycles. The minimum absolute atomic E-state index is 0.356. The van der Waals surface area contributed by atoms with Crippen molar-refractivity contribution in [3.05, 3.63) is 39.1 Å². The van der Waals surface area contributed by atoms with E-state index in [4.69, 9.17) is 23.2 Å². The summed E-state index contributed by atoms with van der Waals surface area (Å²) in [7, 11) is 0. The lowest BCUT2D eigenvalue weighted by Crippen LogP contribution is -1.84. The van der Waals surface area contributed by atoms with Gasteiger partial charge in [-0.15, -0.1) is 11.6 Å². The fraction of sp³-hybridized carbons (Fsp3) is 0.111. The molecule has 0 unspecified atom stereocenters. The van der Waals surface area contributed by atoms with Gasteiger partial charge in [0.15, 0.2) is 0 Å². The molecule has 0 spiro atoms. The quantitative estimate of drug-likeness (QED) is 0.702. The smallest absolute Gasteiger partial charge is 0.133 e. The van der Waals surface area contributed by atoms with Crippen LogP contribution in [0.3, 0.4) is 0 Å². The Kier molecular flexibility index (Phi) is 4.23. The number of benzene rings is 1. The lowest BCUT2D eigenvalue weighted by atomic mass is 10.2. The molecule has 0 amide bonds. The normalized spacial score (nSPS) is 11.1. The summed E-state index contributed by atoms with van der Waals surface area (Å²) >= 11 is 14.3. The highest BCUT2D eigenvalue weighted by atomic mass is 79.9. The van der Waals surface area contributed by atoms with Crippen LogP contribution in [0, 0.1) is 5.82 Å². The zero-order chi connectivity index (χ0) is 9.84. The van der Waals surface area contributed by atoms with Crippen molar-refractivity contribution in [2.75, 3.05) is 5.88 Å². The van der Waals surface area contributed by atoms with Crippen LogP contribution in [0.25, 0.3) is 6.08 Å². The van der Waals surface area contributed by atoms with Gasteiger partial charge in [-0.1, -0.05) is 39.7 Å². The maximum Gasteiger partial charge on any atom is 0.133 e. The van der Waals surface area contributed by atoms with E-state index in [0.29, 0.717) is 20.9 Å². The SMILES string of the molecule is Fc1cc(Cl)cc(Br)c1C=CCCl. The summed E-state index contributed by atoms with van der Waals surface area (Å²) in [6, 6.07) is 2.90. The lowest BCUT2D eigenvalue weighted by molar-refractivity contribution is 0.624. The molecule has 0 atom stereocenters. The van der Waals surface area contributed by atoms with Crippen LogP contribution in [0.15, 0.2) is 22.7 Å². The van der Waals surface area contributed by atoms with Gasteiger partial charge in [-0.05, 0) is 12.1 Å². The average molecular weight is 284 g/mol. The second kappa shape index (κ2) is 4.99. The van der Waals surface area contributed by atoms with E-state index in [2.05, 4.69) is 15.9 Å². The molecule has 13 heavy (non-hydrogen) atoms. The van der Waals surface area contributed by atoms with E-state index in [-0.39, 0.29) is 5.82 Å². The highest BCUT2D eigenvalue weighted by molar-refractivity contribution is 9.10. The first-order valence-corrected chi connectivity index (χ1v) is 5.22. The van der Waals surface area contributed by atoms with E-state index in [9.17, 15) is 4.39 Å². The number of hydrogen-bond acceptors (Lipinski definition) is 0. The van der Waals surface area contributed by atoms with Crippen LogP contribution in [0.1, 0.15) is 5.56 Å². The topological polar surface area (TPSA) is 0 Å². The number of alkyl halides is 1. The van der Waals surface area contributed by atoms with Crippen LogP contribution in [0.4, 0.5) is 4.39 Å². The zero-order valence-corrected chi connectivity index (χ0v) is 9.63. The molecule has 1 aromatic rings. The second-order valence-electron chi connectivity index (χ2n) is 2.34. The van der Waals surface area contributed by atoms with Crippen LogP contribution >= 0.6 is 39.1 Å². The van der Waals surface area contributed by atoms with E-state index in [1.807, 2.05) is 0 Å². The zero-order valence-electron chi connectivity index (χ0n) is 6.53. The van der Waals surface area contributed by atoms with Gasteiger partial charge in [0.1, 0.15) is 5.82 Å². The van der Waals surface area contributed by atoms with Crippen LogP contribution < -0.4 is 0 Å². The van der Waals surface area contributed by atoms with Crippen LogP contribution in [-0.4, -0.2) is 5.88 Å². The predicted molar refractivity (Wildman–Crippen MR) is 58.9 cm³/mol. The Morgan fingerprint density at radius 1 is 1.46 bits per heavy atom. The first-order chi connectivity index (χ1) is 6.15. The van der Waals surface area contributed by atoms with Crippen molar-refractivity contribution in [1.82, 2.24) is 0 Å². The first-order valence-electron chi connectivity index (χ1n) is 3.52. The number of halogens is 4. The molecule has 0 aliphatic carbocycles. The van der Waals surface area contributed by atoms with Crippen molar-refractivity contribution >= 4 is 45.2 Å². The monoisotopic (exact) mass is 282 g/mol. The summed E-state index contributed by atoms with van der Waals surface area (Å²) < 4.78 is 13.8. The van der Waals surface area contributed by atoms with Crippen LogP contribution in [0.2, 0.25) is 5.02 Å². The summed E-state index contributed by atoms with van der Waals surface area (Å²) in [5.41, 5.74) is 0.463. The van der Waals surface area contributed by atoms with E-state index in [0.717, 1.165) is 0 Å². The fourth-order valence-corrected chi connectivity index (χ4v) is 1.87. The Morgan fingerprint density at radius 3 is 2.69 bits per heavy atom. The first kappa shape index (κ1) is 11.0. The minimum atomic E-state index is -0.360. The Hall–Kier alpha value is -0.0500. The molecule has 0 saturated heterocycles. The average Bonchev–Trinajstić information content (AvgIpc) is 2.02. The second-order valence-corrected chi connectivity index (χ2v) is 3.94. The van der Waals surface area contributed by atoms with E-state index in [1.165, 1.54) is 6.07 Å². The Bertz CT molecular complexity index is 313. The molecule has 0 nitrogen and oxygen atoms in total. The Labute approximate surface area is 94.5 Å². The van der Waals surface area contributed by atoms with Crippen molar-refractivity contribution in [2.45, 2.75) is 0 Å². The molecule has 0 radical (unpaired) electrons. The molecule has 0 aromatic heterocycles. The molecule has 0 fully saturated rings. The molecule has 4 heteroatoms. The van der Waals surface area contributed by atoms with Crippen molar-refractivity contribution < 1.29 is 4.39 Å². The molecular weight excluding hydrogens is 278 g/mol.